The number of pyridine rings is 1. The van der Waals surface area contributed by atoms with Gasteiger partial charge >= 0.3 is 5.97 Å². The Morgan fingerprint density at radius 2 is 1.78 bits per heavy atom. The fraction of sp³-hybridized carbons (Fsp3) is 0.500. The first-order valence-corrected chi connectivity index (χ1v) is 17.6. The zero-order valence-corrected chi connectivity index (χ0v) is 30.5. The fourth-order valence-corrected chi connectivity index (χ4v) is 7.12. The summed E-state index contributed by atoms with van der Waals surface area (Å²) in [5, 5.41) is 0. The third-order valence-electron chi connectivity index (χ3n) is 10.00. The van der Waals surface area contributed by atoms with Crippen molar-refractivity contribution in [1.29, 1.82) is 0 Å². The van der Waals surface area contributed by atoms with E-state index in [9.17, 15) is 9.18 Å². The summed E-state index contributed by atoms with van der Waals surface area (Å²) in [5.74, 6) is -1.04. The van der Waals surface area contributed by atoms with E-state index in [0.717, 1.165) is 65.5 Å². The van der Waals surface area contributed by atoms with Crippen LogP contribution >= 0.6 is 0 Å². The molecule has 4 aromatic rings. The molecule has 1 fully saturated rings. The number of imidazole rings is 1. The van der Waals surface area contributed by atoms with Gasteiger partial charge < -0.3 is 23.8 Å². The highest BCUT2D eigenvalue weighted by Gasteiger charge is 2.38. The lowest BCUT2D eigenvalue weighted by Gasteiger charge is -2.42. The number of ether oxygens (including phenoxy) is 4. The Kier molecular flexibility index (Phi) is 9.98. The summed E-state index contributed by atoms with van der Waals surface area (Å²) in [5.41, 5.74) is 4.72. The van der Waals surface area contributed by atoms with Crippen molar-refractivity contribution in [2.45, 2.75) is 104 Å². The molecule has 6 bridgehead atoms. The summed E-state index contributed by atoms with van der Waals surface area (Å²) in [6.45, 7) is 15.9. The zero-order chi connectivity index (χ0) is 36.0. The lowest BCUT2D eigenvalue weighted by molar-refractivity contribution is -0.164. The number of anilines is 1. The van der Waals surface area contributed by atoms with E-state index in [1.54, 1.807) is 0 Å². The van der Waals surface area contributed by atoms with Crippen LogP contribution in [0.25, 0.3) is 28.0 Å². The van der Waals surface area contributed by atoms with Crippen LogP contribution in [0.15, 0.2) is 42.6 Å². The summed E-state index contributed by atoms with van der Waals surface area (Å²) in [6.07, 6.45) is 4.66. The molecule has 3 aliphatic heterocycles. The Hall–Kier alpha value is -4.02. The lowest BCUT2D eigenvalue weighted by Crippen LogP contribution is -2.45. The van der Waals surface area contributed by atoms with Crippen molar-refractivity contribution in [3.63, 3.8) is 0 Å². The molecule has 10 heteroatoms. The third kappa shape index (κ3) is 7.23. The molecule has 1 saturated heterocycles. The molecule has 0 spiro atoms. The smallest absolute Gasteiger partial charge is 0.339 e. The Bertz CT molecular complexity index is 1890. The molecule has 2 aromatic heterocycles. The summed E-state index contributed by atoms with van der Waals surface area (Å²) < 4.78 is 56.6. The molecule has 3 aliphatic rings. The SMILES string of the molecule is COC(=O)C(OC(C)(C)C)c1c(C)c(C)c2nc3cn2c1N1CCC(C)(CC1)OCCCCC(C)Oc1c(F)cc(F)cc1-c1cccc-3c1. The zero-order valence-electron chi connectivity index (χ0n) is 30.5. The molecule has 8 nitrogen and oxygen atoms in total. The van der Waals surface area contributed by atoms with Gasteiger partial charge in [-0.1, -0.05) is 18.2 Å². The van der Waals surface area contributed by atoms with Crippen LogP contribution in [-0.2, 0) is 19.0 Å². The summed E-state index contributed by atoms with van der Waals surface area (Å²) in [4.78, 5) is 21.0. The van der Waals surface area contributed by atoms with Crippen molar-refractivity contribution in [3.8, 4) is 28.1 Å². The molecule has 2 unspecified atom stereocenters. The van der Waals surface area contributed by atoms with Crippen molar-refractivity contribution in [3.05, 3.63) is 70.9 Å². The Labute approximate surface area is 293 Å². The van der Waals surface area contributed by atoms with Crippen LogP contribution in [0.5, 0.6) is 5.75 Å². The van der Waals surface area contributed by atoms with Crippen LogP contribution in [-0.4, -0.2) is 59.5 Å². The van der Waals surface area contributed by atoms with Gasteiger partial charge in [-0.2, -0.15) is 0 Å². The van der Waals surface area contributed by atoms with Gasteiger partial charge in [-0.25, -0.2) is 18.6 Å². The number of nitrogens with zero attached hydrogens (tertiary/aromatic N) is 3. The van der Waals surface area contributed by atoms with Gasteiger partial charge in [0.15, 0.2) is 17.7 Å². The fourth-order valence-electron chi connectivity index (χ4n) is 7.12. The first-order valence-electron chi connectivity index (χ1n) is 17.6. The number of aryl methyl sites for hydroxylation is 1. The van der Waals surface area contributed by atoms with Crippen LogP contribution < -0.4 is 9.64 Å². The highest BCUT2D eigenvalue weighted by Crippen LogP contribution is 2.42. The minimum Gasteiger partial charge on any atom is -0.487 e. The number of rotatable bonds is 3. The Morgan fingerprint density at radius 3 is 2.48 bits per heavy atom. The molecule has 0 amide bonds. The molecular formula is C40H49F2N3O5. The van der Waals surface area contributed by atoms with E-state index in [2.05, 4.69) is 16.2 Å². The molecule has 5 heterocycles. The van der Waals surface area contributed by atoms with E-state index >= 15 is 4.39 Å². The number of methoxy groups -OCH3 is 1. The number of benzene rings is 2. The standard InChI is InChI=1S/C40H49F2N3O5/c1-24-12-9-10-19-48-40(7)15-17-44(18-16-40)37-33(35(38(46)47-8)50-39(4,5)6)25(2)26(3)36-43-32(23-45(36)37)28-14-11-13-27(20-28)30-21-29(41)22-31(42)34(30)49-24/h11,13-14,20-24,35H,9-10,12,15-19H2,1-8H3. The number of hydrogen-bond donors (Lipinski definition) is 0. The maximum Gasteiger partial charge on any atom is 0.339 e. The van der Waals surface area contributed by atoms with Gasteiger partial charge in [0.05, 0.1) is 30.1 Å². The predicted molar refractivity (Wildman–Crippen MR) is 191 cm³/mol. The topological polar surface area (TPSA) is 74.5 Å². The minimum atomic E-state index is -0.980. The van der Waals surface area contributed by atoms with Crippen molar-refractivity contribution in [2.75, 3.05) is 31.7 Å². The van der Waals surface area contributed by atoms with Gasteiger partial charge in [-0.05, 0) is 109 Å². The average Bonchev–Trinajstić information content (AvgIpc) is 3.51. The lowest BCUT2D eigenvalue weighted by atomic mass is 9.92. The van der Waals surface area contributed by atoms with Gasteiger partial charge in [0, 0.05) is 48.6 Å². The van der Waals surface area contributed by atoms with Gasteiger partial charge in [-0.15, -0.1) is 0 Å². The van der Waals surface area contributed by atoms with Gasteiger partial charge in [0.2, 0.25) is 0 Å². The molecule has 268 valence electrons. The van der Waals surface area contributed by atoms with E-state index < -0.39 is 29.3 Å². The van der Waals surface area contributed by atoms with Crippen molar-refractivity contribution >= 4 is 17.4 Å². The summed E-state index contributed by atoms with van der Waals surface area (Å²) in [7, 11) is 1.38. The van der Waals surface area contributed by atoms with Crippen LogP contribution in [0.2, 0.25) is 0 Å². The quantitative estimate of drug-likeness (QED) is 0.199. The number of carbonyl (C=O) groups is 1. The van der Waals surface area contributed by atoms with E-state index in [1.807, 2.05) is 72.0 Å². The maximum absolute atomic E-state index is 15.3. The van der Waals surface area contributed by atoms with E-state index in [0.29, 0.717) is 42.9 Å². The molecular weight excluding hydrogens is 640 g/mol. The highest BCUT2D eigenvalue weighted by molar-refractivity contribution is 5.82. The second-order valence-corrected chi connectivity index (χ2v) is 15.0. The van der Waals surface area contributed by atoms with Crippen molar-refractivity contribution in [1.82, 2.24) is 9.38 Å². The Morgan fingerprint density at radius 1 is 1.06 bits per heavy atom. The molecule has 2 aromatic carbocycles. The predicted octanol–water partition coefficient (Wildman–Crippen LogP) is 8.92. The monoisotopic (exact) mass is 689 g/mol. The van der Waals surface area contributed by atoms with Gasteiger partial charge in [0.25, 0.3) is 0 Å². The maximum atomic E-state index is 15.3. The number of fused-ring (bicyclic) bond motifs is 8. The number of piperidine rings is 1. The van der Waals surface area contributed by atoms with Crippen molar-refractivity contribution in [2.24, 2.45) is 0 Å². The minimum absolute atomic E-state index is 0.0282. The highest BCUT2D eigenvalue weighted by atomic mass is 19.1. The molecule has 7 rings (SSSR count). The molecule has 50 heavy (non-hydrogen) atoms. The molecule has 0 saturated carbocycles. The van der Waals surface area contributed by atoms with Gasteiger partial charge in [0.1, 0.15) is 17.3 Å². The number of aromatic nitrogens is 2. The van der Waals surface area contributed by atoms with Crippen LogP contribution in [0.1, 0.15) is 89.5 Å². The largest absolute Gasteiger partial charge is 0.487 e. The van der Waals surface area contributed by atoms with Gasteiger partial charge in [-0.3, -0.25) is 4.40 Å². The number of esters is 1. The first-order chi connectivity index (χ1) is 23.7. The van der Waals surface area contributed by atoms with E-state index in [4.69, 9.17) is 23.9 Å². The van der Waals surface area contributed by atoms with Crippen molar-refractivity contribution < 1.29 is 32.5 Å². The second kappa shape index (κ2) is 13.9. The second-order valence-electron chi connectivity index (χ2n) is 15.0. The van der Waals surface area contributed by atoms with Crippen LogP contribution in [0.3, 0.4) is 0 Å². The van der Waals surface area contributed by atoms with Crippen LogP contribution in [0.4, 0.5) is 14.6 Å². The summed E-state index contributed by atoms with van der Waals surface area (Å²) >= 11 is 0. The average molecular weight is 690 g/mol. The van der Waals surface area contributed by atoms with Crippen LogP contribution in [0, 0.1) is 25.5 Å². The molecule has 2 atom stereocenters. The molecule has 0 aliphatic carbocycles. The Balaban J connectivity index is 1.58. The third-order valence-corrected chi connectivity index (χ3v) is 10.00. The van der Waals surface area contributed by atoms with E-state index in [1.165, 1.54) is 13.2 Å². The summed E-state index contributed by atoms with van der Waals surface area (Å²) in [6, 6.07) is 9.68. The van der Waals surface area contributed by atoms with E-state index in [-0.39, 0.29) is 17.5 Å². The molecule has 0 N–H and O–H groups in total. The molecule has 0 radical (unpaired) electrons. The number of halogens is 2. The number of hydrogen-bond acceptors (Lipinski definition) is 7. The first kappa shape index (κ1) is 35.8. The number of carbonyl (C=O) groups excluding carboxylic acids is 1. The normalized spacial score (nSPS) is 20.8.